The summed E-state index contributed by atoms with van der Waals surface area (Å²) in [6.45, 7) is 1.46. The Hall–Kier alpha value is -2.45. The van der Waals surface area contributed by atoms with Crippen molar-refractivity contribution in [3.05, 3.63) is 35.3 Å². The zero-order valence-electron chi connectivity index (χ0n) is 16.4. The van der Waals surface area contributed by atoms with Gasteiger partial charge in [-0.2, -0.15) is 4.39 Å². The zero-order valence-corrected chi connectivity index (χ0v) is 16.4. The van der Waals surface area contributed by atoms with Gasteiger partial charge in [0.25, 0.3) is 0 Å². The molecule has 0 bridgehead atoms. The molecule has 0 amide bonds. The lowest BCUT2D eigenvalue weighted by atomic mass is 9.84. The Balaban J connectivity index is 1.57. The second-order valence-corrected chi connectivity index (χ2v) is 8.01. The molecule has 4 heterocycles. The third-order valence-corrected chi connectivity index (χ3v) is 6.11. The Kier molecular flexibility index (Phi) is 4.55. The number of rotatable bonds is 2. The number of fused-ring (bicyclic) bond motifs is 2. The van der Waals surface area contributed by atoms with Crippen LogP contribution in [0.2, 0.25) is 0 Å². The molecule has 8 heteroatoms. The van der Waals surface area contributed by atoms with E-state index in [2.05, 4.69) is 4.99 Å². The minimum absolute atomic E-state index is 0.0908. The zero-order chi connectivity index (χ0) is 20.0. The summed E-state index contributed by atoms with van der Waals surface area (Å²) in [4.78, 5) is 14.7. The van der Waals surface area contributed by atoms with Crippen molar-refractivity contribution in [2.24, 2.45) is 21.6 Å². The van der Waals surface area contributed by atoms with Crippen LogP contribution in [0.3, 0.4) is 0 Å². The maximum Gasteiger partial charge on any atom is 0.221 e. The number of hydrogen-bond acceptors (Lipinski definition) is 7. The SMILES string of the molecule is CN1OC2(C[C@H](C3CCCOC3)Oc3ccc(C4=C(F)N=CCC4)cc32)N=C1N. The molecule has 1 saturated heterocycles. The van der Waals surface area contributed by atoms with Gasteiger partial charge in [-0.25, -0.2) is 19.9 Å². The van der Waals surface area contributed by atoms with Crippen LogP contribution in [0.5, 0.6) is 5.75 Å². The van der Waals surface area contributed by atoms with Crippen molar-refractivity contribution in [3.63, 3.8) is 0 Å². The van der Waals surface area contributed by atoms with Crippen LogP contribution in [-0.2, 0) is 15.3 Å². The van der Waals surface area contributed by atoms with E-state index in [-0.39, 0.29) is 12.0 Å². The molecule has 0 saturated carbocycles. The summed E-state index contributed by atoms with van der Waals surface area (Å²) < 4.78 is 26.4. The number of hydroxylamine groups is 2. The number of hydrogen-bond donors (Lipinski definition) is 1. The number of benzene rings is 1. The predicted molar refractivity (Wildman–Crippen MR) is 107 cm³/mol. The van der Waals surface area contributed by atoms with Gasteiger partial charge in [-0.1, -0.05) is 6.07 Å². The smallest absolute Gasteiger partial charge is 0.221 e. The van der Waals surface area contributed by atoms with Gasteiger partial charge < -0.3 is 15.2 Å². The molecule has 5 rings (SSSR count). The van der Waals surface area contributed by atoms with Crippen molar-refractivity contribution < 1.29 is 18.7 Å². The second kappa shape index (κ2) is 7.11. The van der Waals surface area contributed by atoms with Crippen LogP contribution in [0.4, 0.5) is 4.39 Å². The van der Waals surface area contributed by atoms with E-state index >= 15 is 0 Å². The molecule has 7 nitrogen and oxygen atoms in total. The molecule has 2 N–H and O–H groups in total. The summed E-state index contributed by atoms with van der Waals surface area (Å²) in [5.74, 6) is 0.844. The summed E-state index contributed by atoms with van der Waals surface area (Å²) >= 11 is 0. The Morgan fingerprint density at radius 2 is 2.24 bits per heavy atom. The van der Waals surface area contributed by atoms with E-state index < -0.39 is 11.7 Å². The molecular weight excluding hydrogens is 375 g/mol. The fourth-order valence-electron chi connectivity index (χ4n) is 4.57. The molecule has 1 fully saturated rings. The number of nitrogens with zero attached hydrogens (tertiary/aromatic N) is 3. The number of allylic oxidation sites excluding steroid dienone is 1. The monoisotopic (exact) mass is 400 g/mol. The molecule has 4 aliphatic heterocycles. The van der Waals surface area contributed by atoms with Crippen LogP contribution in [0.25, 0.3) is 5.57 Å². The summed E-state index contributed by atoms with van der Waals surface area (Å²) in [5.41, 5.74) is 7.23. The molecule has 1 aromatic carbocycles. The maximum atomic E-state index is 14.3. The van der Waals surface area contributed by atoms with Crippen LogP contribution in [0.15, 0.2) is 34.1 Å². The number of nitrogens with two attached hydrogens (primary N) is 1. The topological polar surface area (TPSA) is 81.7 Å². The third kappa shape index (κ3) is 3.20. The van der Waals surface area contributed by atoms with E-state index in [0.29, 0.717) is 36.7 Å². The highest BCUT2D eigenvalue weighted by Gasteiger charge is 2.50. The summed E-state index contributed by atoms with van der Waals surface area (Å²) in [7, 11) is 1.74. The van der Waals surface area contributed by atoms with Crippen molar-refractivity contribution in [1.29, 1.82) is 0 Å². The van der Waals surface area contributed by atoms with E-state index in [4.69, 9.17) is 25.0 Å². The van der Waals surface area contributed by atoms with Gasteiger partial charge in [0.15, 0.2) is 0 Å². The quantitative estimate of drug-likeness (QED) is 0.772. The van der Waals surface area contributed by atoms with E-state index in [9.17, 15) is 4.39 Å². The van der Waals surface area contributed by atoms with Crippen LogP contribution in [-0.4, -0.2) is 43.6 Å². The van der Waals surface area contributed by atoms with Crippen LogP contribution in [0, 0.1) is 5.92 Å². The maximum absolute atomic E-state index is 14.3. The second-order valence-electron chi connectivity index (χ2n) is 8.01. The molecule has 0 aliphatic carbocycles. The minimum Gasteiger partial charge on any atom is -0.489 e. The molecule has 2 unspecified atom stereocenters. The molecule has 0 aromatic heterocycles. The van der Waals surface area contributed by atoms with Gasteiger partial charge in [0.1, 0.15) is 11.9 Å². The van der Waals surface area contributed by atoms with Crippen molar-refractivity contribution in [1.82, 2.24) is 5.06 Å². The molecule has 3 atom stereocenters. The number of guanidine groups is 1. The van der Waals surface area contributed by atoms with Crippen LogP contribution in [0.1, 0.15) is 43.2 Å². The van der Waals surface area contributed by atoms with Gasteiger partial charge in [0.05, 0.1) is 12.2 Å². The third-order valence-electron chi connectivity index (χ3n) is 6.11. The van der Waals surface area contributed by atoms with Gasteiger partial charge in [0, 0.05) is 37.8 Å². The first-order valence-corrected chi connectivity index (χ1v) is 10.1. The summed E-state index contributed by atoms with van der Waals surface area (Å²) in [6, 6.07) is 5.68. The molecule has 1 spiro atoms. The first-order valence-electron chi connectivity index (χ1n) is 10.1. The molecule has 1 aromatic rings. The average Bonchev–Trinajstić information content (AvgIpc) is 3.02. The highest BCUT2D eigenvalue weighted by Crippen LogP contribution is 2.49. The minimum atomic E-state index is -0.973. The fourth-order valence-corrected chi connectivity index (χ4v) is 4.57. The Morgan fingerprint density at radius 1 is 1.34 bits per heavy atom. The largest absolute Gasteiger partial charge is 0.489 e. The number of halogens is 1. The number of aliphatic imine (C=N–C) groups is 2. The van der Waals surface area contributed by atoms with E-state index in [1.807, 2.05) is 18.2 Å². The highest BCUT2D eigenvalue weighted by molar-refractivity contribution is 5.79. The predicted octanol–water partition coefficient (Wildman–Crippen LogP) is 3.11. The Labute approximate surface area is 169 Å². The molecule has 154 valence electrons. The van der Waals surface area contributed by atoms with Crippen molar-refractivity contribution in [2.75, 3.05) is 20.3 Å². The van der Waals surface area contributed by atoms with Gasteiger partial charge in [-0.05, 0) is 43.4 Å². The Morgan fingerprint density at radius 3 is 2.97 bits per heavy atom. The highest BCUT2D eigenvalue weighted by atomic mass is 19.1. The molecule has 29 heavy (non-hydrogen) atoms. The van der Waals surface area contributed by atoms with E-state index in [1.54, 1.807) is 13.3 Å². The van der Waals surface area contributed by atoms with Crippen LogP contribution < -0.4 is 10.5 Å². The van der Waals surface area contributed by atoms with Gasteiger partial charge in [0.2, 0.25) is 17.6 Å². The van der Waals surface area contributed by atoms with Crippen LogP contribution >= 0.6 is 0 Å². The average molecular weight is 400 g/mol. The lowest BCUT2D eigenvalue weighted by molar-refractivity contribution is -0.196. The molecule has 4 aliphatic rings. The fraction of sp³-hybridized carbons (Fsp3) is 0.524. The molecular formula is C21H25FN4O3. The standard InChI is InChI=1S/C21H25FN4O3/c1-26-20(23)25-21(29-26)11-18(14-4-3-9-27-12-14)28-17-7-6-13(10-16(17)21)15-5-2-8-24-19(15)22/h6-8,10,14,18H,2-5,9,11-12H2,1H3,(H2,23,25)/t14?,18-,21?/m1/s1. The summed E-state index contributed by atoms with van der Waals surface area (Å²) in [5, 5.41) is 1.49. The number of ether oxygens (including phenoxy) is 2. The normalized spacial score (nSPS) is 31.7. The lowest BCUT2D eigenvalue weighted by Crippen LogP contribution is -2.44. The van der Waals surface area contributed by atoms with Gasteiger partial charge in [-0.3, -0.25) is 0 Å². The van der Waals surface area contributed by atoms with Crippen molar-refractivity contribution >= 4 is 17.7 Å². The van der Waals surface area contributed by atoms with E-state index in [0.717, 1.165) is 37.0 Å². The van der Waals surface area contributed by atoms with Crippen molar-refractivity contribution in [3.8, 4) is 5.75 Å². The lowest BCUT2D eigenvalue weighted by Gasteiger charge is -2.41. The first kappa shape index (κ1) is 18.6. The van der Waals surface area contributed by atoms with Gasteiger partial charge >= 0.3 is 0 Å². The summed E-state index contributed by atoms with van der Waals surface area (Å²) in [6.07, 6.45) is 5.43. The first-order chi connectivity index (χ1) is 14.1. The van der Waals surface area contributed by atoms with E-state index in [1.165, 1.54) is 5.06 Å². The Bertz CT molecular complexity index is 909. The van der Waals surface area contributed by atoms with Gasteiger partial charge in [-0.15, -0.1) is 0 Å². The van der Waals surface area contributed by atoms with Crippen molar-refractivity contribution in [2.45, 2.75) is 43.9 Å². The molecule has 0 radical (unpaired) electrons.